The molecule has 646 valence electrons. The molecule has 33 rings (SSSR count). The molecule has 0 fully saturated rings. The van der Waals surface area contributed by atoms with Crippen molar-refractivity contribution in [3.05, 3.63) is 449 Å². The van der Waals surface area contributed by atoms with Gasteiger partial charge in [-0.2, -0.15) is 0 Å². The minimum absolute atomic E-state index is 0.836. The summed E-state index contributed by atoms with van der Waals surface area (Å²) in [4.78, 5) is 0. The van der Waals surface area contributed by atoms with Crippen LogP contribution in [0.15, 0.2) is 449 Å². The molecule has 0 aliphatic carbocycles. The van der Waals surface area contributed by atoms with Crippen LogP contribution in [0.5, 0.6) is 69.0 Å². The molecule has 6 nitrogen and oxygen atoms in total. The summed E-state index contributed by atoms with van der Waals surface area (Å²) < 4.78 is 41.8. The zero-order valence-corrected chi connectivity index (χ0v) is 75.2. The van der Waals surface area contributed by atoms with Gasteiger partial charge in [0.15, 0.2) is 0 Å². The van der Waals surface area contributed by atoms with Crippen LogP contribution < -0.4 is 28.4 Å². The molecule has 0 bridgehead atoms. The number of benzene rings is 27. The Morgan fingerprint density at radius 1 is 0.107 bits per heavy atom. The van der Waals surface area contributed by atoms with Crippen molar-refractivity contribution in [2.24, 2.45) is 0 Å². The minimum Gasteiger partial charge on any atom is -0.456 e. The lowest BCUT2D eigenvalue weighted by Gasteiger charge is -2.32. The smallest absolute Gasteiger partial charge is 0.143 e. The van der Waals surface area contributed by atoms with Crippen LogP contribution in [0, 0.1) is 0 Å². The van der Waals surface area contributed by atoms with E-state index in [0.717, 1.165) is 184 Å². The van der Waals surface area contributed by atoms with Gasteiger partial charge < -0.3 is 28.4 Å². The number of hydrogen-bond acceptors (Lipinski definition) is 6. The predicted octanol–water partition coefficient (Wildman–Crippen LogP) is 38.5. The fourth-order valence-electron chi connectivity index (χ4n) is 24.3. The summed E-state index contributed by atoms with van der Waals surface area (Å²) in [5.74, 6) is 10.6. The molecule has 140 heavy (non-hydrogen) atoms. The van der Waals surface area contributed by atoms with Gasteiger partial charge in [0.1, 0.15) is 69.0 Å². The maximum atomic E-state index is 7.26. The molecule has 0 atom stereocenters. The van der Waals surface area contributed by atoms with Crippen molar-refractivity contribution in [2.45, 2.75) is 0 Å². The highest BCUT2D eigenvalue weighted by Crippen LogP contribution is 2.68. The van der Waals surface area contributed by atoms with Gasteiger partial charge in [-0.05, 0) is 209 Å². The van der Waals surface area contributed by atoms with Crippen LogP contribution in [0.3, 0.4) is 0 Å². The molecular formula is C134H74O6. The molecule has 6 heterocycles. The molecule has 6 aliphatic heterocycles. The van der Waals surface area contributed by atoms with Crippen molar-refractivity contribution in [1.82, 2.24) is 0 Å². The Morgan fingerprint density at radius 2 is 0.364 bits per heavy atom. The Morgan fingerprint density at radius 3 is 0.764 bits per heavy atom. The third-order valence-corrected chi connectivity index (χ3v) is 30.2. The summed E-state index contributed by atoms with van der Waals surface area (Å²) in [6.45, 7) is 0. The van der Waals surface area contributed by atoms with E-state index >= 15 is 0 Å². The van der Waals surface area contributed by atoms with E-state index in [1.54, 1.807) is 0 Å². The lowest BCUT2D eigenvalue weighted by molar-refractivity contribution is 0.478. The van der Waals surface area contributed by atoms with E-state index in [4.69, 9.17) is 28.4 Å². The molecule has 0 N–H and O–H groups in total. The second-order valence-corrected chi connectivity index (χ2v) is 37.4. The molecule has 6 aliphatic rings. The first kappa shape index (κ1) is 76.8. The molecule has 0 saturated carbocycles. The van der Waals surface area contributed by atoms with Gasteiger partial charge in [-0.1, -0.05) is 376 Å². The van der Waals surface area contributed by atoms with E-state index < -0.39 is 0 Å². The summed E-state index contributed by atoms with van der Waals surface area (Å²) in [5, 5.41) is 32.9. The zero-order chi connectivity index (χ0) is 91.2. The third-order valence-electron chi connectivity index (χ3n) is 30.2. The fourth-order valence-corrected chi connectivity index (χ4v) is 24.3. The normalized spacial score (nSPS) is 12.6. The Hall–Kier alpha value is -18.6. The van der Waals surface area contributed by atoms with Crippen LogP contribution in [0.4, 0.5) is 0 Å². The van der Waals surface area contributed by atoms with Crippen molar-refractivity contribution in [3.63, 3.8) is 0 Å². The topological polar surface area (TPSA) is 55.4 Å². The highest BCUT2D eigenvalue weighted by Gasteiger charge is 2.40. The summed E-state index contributed by atoms with van der Waals surface area (Å²) >= 11 is 0. The van der Waals surface area contributed by atoms with Crippen molar-refractivity contribution >= 4 is 151 Å². The quantitative estimate of drug-likeness (QED) is 0.129. The molecular weight excluding hydrogens is 1710 g/mol. The lowest BCUT2D eigenvalue weighted by atomic mass is 9.79. The van der Waals surface area contributed by atoms with E-state index in [9.17, 15) is 0 Å². The summed E-state index contributed by atoms with van der Waals surface area (Å²) in [6, 6.07) is 161. The van der Waals surface area contributed by atoms with Gasteiger partial charge in [0.2, 0.25) is 0 Å². The Bertz CT molecular complexity index is 9830. The van der Waals surface area contributed by atoms with Crippen LogP contribution >= 0.6 is 0 Å². The summed E-state index contributed by atoms with van der Waals surface area (Å²) in [5.41, 5.74) is 23.2. The van der Waals surface area contributed by atoms with E-state index in [-0.39, 0.29) is 0 Å². The van der Waals surface area contributed by atoms with Gasteiger partial charge >= 0.3 is 0 Å². The second-order valence-electron chi connectivity index (χ2n) is 37.4. The molecule has 0 unspecified atom stereocenters. The number of fused-ring (bicyclic) bond motifs is 39. The monoisotopic (exact) mass is 1780 g/mol. The number of ether oxygens (including phenoxy) is 6. The van der Waals surface area contributed by atoms with Crippen molar-refractivity contribution in [3.8, 4) is 180 Å². The largest absolute Gasteiger partial charge is 0.456 e. The van der Waals surface area contributed by atoms with E-state index in [1.807, 2.05) is 0 Å². The van der Waals surface area contributed by atoms with Crippen LogP contribution in [0.1, 0.15) is 0 Å². The van der Waals surface area contributed by atoms with E-state index in [1.165, 1.54) is 147 Å². The van der Waals surface area contributed by atoms with E-state index in [0.29, 0.717) is 0 Å². The SMILES string of the molecule is c1ccc(-c2ccc3c4c(c(-c5ccccc5)cc3c2)Oc2ccc3c5c(c6ccccc6c-4c25)-c2c(c(-c4ccccc4)cc4cc(-c5ccccc5)ccc24)O3)cc1.c1ccc2c3c(ccc2c1)-c1c2ccccc2c2c4c(ccc(c14)O3)Oc1ccc3ccccc3c1-2.c1ccc2c3c4c(ccc5c4c(c2c1)-c1c(c2ccccc2c2ccccc12)O5)Oc1c-3c2ccccc2c2ccccc12. The number of rotatable bonds is 4. The number of hydrogen-bond donors (Lipinski definition) is 0. The second kappa shape index (κ2) is 29.4. The minimum atomic E-state index is 0.836. The van der Waals surface area contributed by atoms with Crippen molar-refractivity contribution < 1.29 is 28.4 Å². The van der Waals surface area contributed by atoms with E-state index in [2.05, 4.69) is 449 Å². The molecule has 27 aromatic rings. The van der Waals surface area contributed by atoms with Crippen LogP contribution in [-0.4, -0.2) is 0 Å². The summed E-state index contributed by atoms with van der Waals surface area (Å²) in [6.07, 6.45) is 0. The van der Waals surface area contributed by atoms with Gasteiger partial charge in [-0.15, -0.1) is 0 Å². The zero-order valence-electron chi connectivity index (χ0n) is 75.2. The first-order valence-electron chi connectivity index (χ1n) is 48.0. The average Bonchev–Trinajstić information content (AvgIpc) is 0.686. The van der Waals surface area contributed by atoms with Crippen LogP contribution in [0.2, 0.25) is 0 Å². The highest BCUT2D eigenvalue weighted by atomic mass is 16.5. The molecule has 27 aromatic carbocycles. The fraction of sp³-hybridized carbons (Fsp3) is 0. The first-order chi connectivity index (χ1) is 69.5. The maximum Gasteiger partial charge on any atom is 0.143 e. The van der Waals surface area contributed by atoms with Crippen molar-refractivity contribution in [2.75, 3.05) is 0 Å². The van der Waals surface area contributed by atoms with Crippen molar-refractivity contribution in [1.29, 1.82) is 0 Å². The average molecular weight is 1780 g/mol. The highest BCUT2D eigenvalue weighted by molar-refractivity contribution is 6.37. The molecule has 0 amide bonds. The van der Waals surface area contributed by atoms with Gasteiger partial charge in [0.05, 0.1) is 0 Å². The molecule has 0 spiro atoms. The van der Waals surface area contributed by atoms with Gasteiger partial charge in [0, 0.05) is 126 Å². The maximum absolute atomic E-state index is 7.26. The van der Waals surface area contributed by atoms with Gasteiger partial charge in [-0.3, -0.25) is 0 Å². The Labute approximate surface area is 802 Å². The third kappa shape index (κ3) is 10.9. The van der Waals surface area contributed by atoms with Crippen LogP contribution in [0.25, 0.3) is 262 Å². The molecule has 0 aromatic heterocycles. The van der Waals surface area contributed by atoms with Gasteiger partial charge in [-0.25, -0.2) is 0 Å². The standard InChI is InChI=1S/C58H34O2.C42H22O2.C34H18O2/c1-5-15-35(16-6-1)39-25-27-43-41(31-39)33-47(37-19-9-3-10-20-37)57-53(43)51-45-23-13-14-24-46(45)52-54-44-28-26-40(36-17-7-2-8-18-36)32-42(44)34-48(38-21-11-4-12-22-38)58(54)60-50-30-29-49(59-57)55(51)56(50)52;1-5-15-27-23(11-1)25-13-3-9-19-31(25)41-37(27)35-29-17-7-8-18-30(29)36-38-28-16-6-2-12-24(28)26-14-4-10-20-32(26)42(38)44-34-22-21-33(43-41)39(35)40(34)36;1-3-9-21-19(7-1)14-16-26-30(21)31-24-12-6-5-11-23(24)29-25-15-13-20-8-2-4-10-22(20)34(25)36-28-18-17-27(35-26)33(31)32(28)29/h1-34H;1-22H;1-18H. The van der Waals surface area contributed by atoms with Crippen LogP contribution in [-0.2, 0) is 0 Å². The lowest BCUT2D eigenvalue weighted by Crippen LogP contribution is -2.06. The predicted molar refractivity (Wildman–Crippen MR) is 579 cm³/mol. The molecule has 0 saturated heterocycles. The first-order valence-corrected chi connectivity index (χ1v) is 48.0. The van der Waals surface area contributed by atoms with Gasteiger partial charge in [0.25, 0.3) is 0 Å². The molecule has 0 radical (unpaired) electrons. The Balaban J connectivity index is 0.000000100. The molecule has 6 heteroatoms. The Kier molecular flexibility index (Phi) is 16.1. The summed E-state index contributed by atoms with van der Waals surface area (Å²) in [7, 11) is 0.